The zero-order chi connectivity index (χ0) is 15.7. The fraction of sp³-hybridized carbons (Fsp3) is 0.167. The van der Waals surface area contributed by atoms with Crippen LogP contribution in [0.4, 0.5) is 0 Å². The first-order valence-corrected chi connectivity index (χ1v) is 7.87. The molecule has 2 aromatic heterocycles. The van der Waals surface area contributed by atoms with Crippen molar-refractivity contribution in [1.29, 1.82) is 0 Å². The highest BCUT2D eigenvalue weighted by atomic mass is 35.5. The monoisotopic (exact) mass is 356 g/mol. The first-order chi connectivity index (χ1) is 10.6. The standard InChI is InChI=1S/C12H10Cl2N6OS/c1-6-10(19-21-18-6)5-22-12-17-16-11(20(12)15)8-3-2-7(13)4-9(8)14/h2-4H,5,15H2,1H3. The summed E-state index contributed by atoms with van der Waals surface area (Å²) < 4.78 is 6.03. The number of nitrogen functional groups attached to an aromatic ring is 1. The number of hydrogen-bond donors (Lipinski definition) is 1. The van der Waals surface area contributed by atoms with E-state index in [4.69, 9.17) is 29.0 Å². The zero-order valence-electron chi connectivity index (χ0n) is 11.3. The summed E-state index contributed by atoms with van der Waals surface area (Å²) in [4.78, 5) is 0. The molecular weight excluding hydrogens is 347 g/mol. The Morgan fingerprint density at radius 1 is 1.27 bits per heavy atom. The molecule has 0 aliphatic carbocycles. The smallest absolute Gasteiger partial charge is 0.210 e. The van der Waals surface area contributed by atoms with Gasteiger partial charge in [-0.25, -0.2) is 9.31 Å². The molecular formula is C12H10Cl2N6OS. The van der Waals surface area contributed by atoms with Crippen molar-refractivity contribution in [3.8, 4) is 11.4 Å². The highest BCUT2D eigenvalue weighted by Gasteiger charge is 2.16. The molecule has 0 bridgehead atoms. The summed E-state index contributed by atoms with van der Waals surface area (Å²) in [6.45, 7) is 1.82. The van der Waals surface area contributed by atoms with Crippen LogP contribution in [0.3, 0.4) is 0 Å². The Hall–Kier alpha value is -1.77. The van der Waals surface area contributed by atoms with Crippen molar-refractivity contribution in [2.45, 2.75) is 17.8 Å². The molecule has 3 rings (SSSR count). The minimum Gasteiger partial charge on any atom is -0.335 e. The highest BCUT2D eigenvalue weighted by molar-refractivity contribution is 7.98. The van der Waals surface area contributed by atoms with E-state index < -0.39 is 0 Å². The summed E-state index contributed by atoms with van der Waals surface area (Å²) in [6.07, 6.45) is 0. The lowest BCUT2D eigenvalue weighted by atomic mass is 10.2. The van der Waals surface area contributed by atoms with Crippen molar-refractivity contribution in [3.05, 3.63) is 39.6 Å². The molecule has 0 aliphatic heterocycles. The third kappa shape index (κ3) is 2.90. The lowest BCUT2D eigenvalue weighted by molar-refractivity contribution is 0.302. The van der Waals surface area contributed by atoms with Gasteiger partial charge in [-0.2, -0.15) is 0 Å². The number of aromatic nitrogens is 5. The zero-order valence-corrected chi connectivity index (χ0v) is 13.7. The Kier molecular flexibility index (Phi) is 4.23. The van der Waals surface area contributed by atoms with E-state index in [9.17, 15) is 0 Å². The second kappa shape index (κ2) is 6.15. The minimum absolute atomic E-state index is 0.458. The van der Waals surface area contributed by atoms with E-state index in [2.05, 4.69) is 25.1 Å². The number of thioether (sulfide) groups is 1. The van der Waals surface area contributed by atoms with Gasteiger partial charge in [0.15, 0.2) is 5.82 Å². The number of benzene rings is 1. The summed E-state index contributed by atoms with van der Waals surface area (Å²) in [5.74, 6) is 7.02. The van der Waals surface area contributed by atoms with Gasteiger partial charge in [-0.15, -0.1) is 10.2 Å². The molecule has 10 heteroatoms. The van der Waals surface area contributed by atoms with Crippen LogP contribution in [-0.2, 0) is 5.75 Å². The molecule has 7 nitrogen and oxygen atoms in total. The molecule has 2 N–H and O–H groups in total. The molecule has 3 aromatic rings. The van der Waals surface area contributed by atoms with E-state index in [1.807, 2.05) is 6.92 Å². The molecule has 0 atom stereocenters. The van der Waals surface area contributed by atoms with E-state index >= 15 is 0 Å². The van der Waals surface area contributed by atoms with Gasteiger partial charge in [0.1, 0.15) is 11.4 Å². The number of rotatable bonds is 4. The van der Waals surface area contributed by atoms with Crippen molar-refractivity contribution < 1.29 is 4.63 Å². The first-order valence-electron chi connectivity index (χ1n) is 6.13. The summed E-state index contributed by atoms with van der Waals surface area (Å²) >= 11 is 13.4. The van der Waals surface area contributed by atoms with Crippen LogP contribution < -0.4 is 5.84 Å². The third-order valence-electron chi connectivity index (χ3n) is 2.92. The van der Waals surface area contributed by atoms with Crippen molar-refractivity contribution in [2.75, 3.05) is 5.84 Å². The van der Waals surface area contributed by atoms with E-state index in [0.717, 1.165) is 11.4 Å². The lowest BCUT2D eigenvalue weighted by Gasteiger charge is -2.05. The largest absolute Gasteiger partial charge is 0.335 e. The SMILES string of the molecule is Cc1nonc1CSc1nnc(-c2ccc(Cl)cc2Cl)n1N. The molecule has 0 fully saturated rings. The van der Waals surface area contributed by atoms with Gasteiger partial charge in [-0.3, -0.25) is 0 Å². The van der Waals surface area contributed by atoms with Crippen LogP contribution in [0, 0.1) is 6.92 Å². The Labute approximate surface area is 139 Å². The first kappa shape index (κ1) is 15.1. The second-order valence-corrected chi connectivity index (χ2v) is 6.17. The Balaban J connectivity index is 1.84. The molecule has 0 radical (unpaired) electrons. The quantitative estimate of drug-likeness (QED) is 0.566. The lowest BCUT2D eigenvalue weighted by Crippen LogP contribution is -2.11. The molecule has 0 saturated carbocycles. The van der Waals surface area contributed by atoms with Gasteiger partial charge in [0.05, 0.1) is 5.02 Å². The average molecular weight is 357 g/mol. The molecule has 1 aromatic carbocycles. The van der Waals surface area contributed by atoms with Crippen LogP contribution in [0.15, 0.2) is 28.0 Å². The van der Waals surface area contributed by atoms with Gasteiger partial charge >= 0.3 is 0 Å². The van der Waals surface area contributed by atoms with Crippen molar-refractivity contribution >= 4 is 35.0 Å². The number of nitrogens with two attached hydrogens (primary N) is 1. The topological polar surface area (TPSA) is 95.6 Å². The molecule has 0 saturated heterocycles. The van der Waals surface area contributed by atoms with E-state index in [1.54, 1.807) is 18.2 Å². The second-order valence-electron chi connectivity index (χ2n) is 4.39. The summed E-state index contributed by atoms with van der Waals surface area (Å²) in [5.41, 5.74) is 2.13. The number of aryl methyl sites for hydroxylation is 1. The van der Waals surface area contributed by atoms with Crippen LogP contribution in [-0.4, -0.2) is 25.2 Å². The highest BCUT2D eigenvalue weighted by Crippen LogP contribution is 2.30. The van der Waals surface area contributed by atoms with Crippen LogP contribution in [0.5, 0.6) is 0 Å². The van der Waals surface area contributed by atoms with E-state index in [1.165, 1.54) is 16.4 Å². The van der Waals surface area contributed by atoms with Crippen molar-refractivity contribution in [1.82, 2.24) is 25.2 Å². The number of halogens is 2. The molecule has 0 aliphatic rings. The van der Waals surface area contributed by atoms with Gasteiger partial charge < -0.3 is 5.84 Å². The van der Waals surface area contributed by atoms with Gasteiger partial charge in [0.25, 0.3) is 0 Å². The number of nitrogens with zero attached hydrogens (tertiary/aromatic N) is 5. The Bertz CT molecular complexity index is 818. The van der Waals surface area contributed by atoms with Gasteiger partial charge in [-0.05, 0) is 25.1 Å². The molecule has 0 amide bonds. The molecule has 22 heavy (non-hydrogen) atoms. The molecule has 2 heterocycles. The molecule has 0 spiro atoms. The average Bonchev–Trinajstić information content (AvgIpc) is 3.04. The maximum Gasteiger partial charge on any atom is 0.210 e. The van der Waals surface area contributed by atoms with Crippen LogP contribution in [0.1, 0.15) is 11.4 Å². The predicted molar refractivity (Wildman–Crippen MR) is 84.2 cm³/mol. The number of hydrogen-bond acceptors (Lipinski definition) is 7. The third-order valence-corrected chi connectivity index (χ3v) is 4.42. The normalized spacial score (nSPS) is 11.0. The predicted octanol–water partition coefficient (Wildman–Crippen LogP) is 2.95. The van der Waals surface area contributed by atoms with Crippen LogP contribution in [0.25, 0.3) is 11.4 Å². The minimum atomic E-state index is 0.458. The van der Waals surface area contributed by atoms with Gasteiger partial charge in [-0.1, -0.05) is 45.3 Å². The maximum atomic E-state index is 6.17. The van der Waals surface area contributed by atoms with Crippen LogP contribution >= 0.6 is 35.0 Å². The summed E-state index contributed by atoms with van der Waals surface area (Å²) in [6, 6.07) is 5.09. The maximum absolute atomic E-state index is 6.17. The summed E-state index contributed by atoms with van der Waals surface area (Å²) in [7, 11) is 0. The van der Waals surface area contributed by atoms with Crippen molar-refractivity contribution in [3.63, 3.8) is 0 Å². The molecule has 114 valence electrons. The fourth-order valence-electron chi connectivity index (χ4n) is 1.74. The van der Waals surface area contributed by atoms with Gasteiger partial charge in [0.2, 0.25) is 5.16 Å². The van der Waals surface area contributed by atoms with Crippen molar-refractivity contribution in [2.24, 2.45) is 0 Å². The van der Waals surface area contributed by atoms with Gasteiger partial charge in [0, 0.05) is 16.3 Å². The van der Waals surface area contributed by atoms with E-state index in [-0.39, 0.29) is 0 Å². The molecule has 0 unspecified atom stereocenters. The Morgan fingerprint density at radius 3 is 2.77 bits per heavy atom. The van der Waals surface area contributed by atoms with Crippen LogP contribution in [0.2, 0.25) is 10.0 Å². The van der Waals surface area contributed by atoms with E-state index in [0.29, 0.717) is 32.3 Å². The Morgan fingerprint density at radius 2 is 2.09 bits per heavy atom. The summed E-state index contributed by atoms with van der Waals surface area (Å²) in [5, 5.41) is 17.2. The fourth-order valence-corrected chi connectivity index (χ4v) is 3.09.